The van der Waals surface area contributed by atoms with Gasteiger partial charge >= 0.3 is 6.03 Å². The molecule has 150 valence electrons. The fraction of sp³-hybridized carbons (Fsp3) is 0.591. The Bertz CT molecular complexity index is 778. The van der Waals surface area contributed by atoms with E-state index in [0.29, 0.717) is 25.6 Å². The maximum Gasteiger partial charge on any atom is 0.317 e. The zero-order valence-electron chi connectivity index (χ0n) is 16.9. The lowest BCUT2D eigenvalue weighted by molar-refractivity contribution is -0.132. The largest absolute Gasteiger partial charge is 0.338 e. The Kier molecular flexibility index (Phi) is 5.13. The molecule has 1 aromatic carbocycles. The molecule has 1 aliphatic carbocycles. The maximum atomic E-state index is 13.2. The van der Waals surface area contributed by atoms with Crippen LogP contribution in [0.3, 0.4) is 0 Å². The summed E-state index contributed by atoms with van der Waals surface area (Å²) in [6, 6.07) is 10.2. The van der Waals surface area contributed by atoms with Crippen LogP contribution in [0.1, 0.15) is 38.7 Å². The first kappa shape index (κ1) is 19.0. The Labute approximate surface area is 167 Å². The van der Waals surface area contributed by atoms with Gasteiger partial charge in [0.25, 0.3) is 5.91 Å². The Balaban J connectivity index is 1.39. The van der Waals surface area contributed by atoms with Gasteiger partial charge < -0.3 is 10.2 Å². The summed E-state index contributed by atoms with van der Waals surface area (Å²) in [6.07, 6.45) is 3.40. The van der Waals surface area contributed by atoms with Crippen molar-refractivity contribution in [3.8, 4) is 0 Å². The van der Waals surface area contributed by atoms with E-state index in [9.17, 15) is 9.59 Å². The van der Waals surface area contributed by atoms with Crippen LogP contribution in [0.2, 0.25) is 0 Å². The number of likely N-dealkylation sites (tertiary alicyclic amines) is 1. The molecule has 1 aromatic rings. The molecule has 4 rings (SSSR count). The Morgan fingerprint density at radius 1 is 1.25 bits per heavy atom. The third-order valence-electron chi connectivity index (χ3n) is 6.66. The summed E-state index contributed by atoms with van der Waals surface area (Å²) in [5.41, 5.74) is 0.600. The number of urea groups is 1. The predicted molar refractivity (Wildman–Crippen MR) is 109 cm³/mol. The van der Waals surface area contributed by atoms with Gasteiger partial charge in [-0.15, -0.1) is 0 Å². The molecule has 0 aromatic heterocycles. The molecule has 6 nitrogen and oxygen atoms in total. The number of carbonyl (C=O) groups excluding carboxylic acids is 2. The highest BCUT2D eigenvalue weighted by Gasteiger charge is 2.61. The van der Waals surface area contributed by atoms with Crippen LogP contribution in [-0.2, 0) is 11.2 Å². The molecule has 6 heteroatoms. The zero-order valence-corrected chi connectivity index (χ0v) is 16.9. The van der Waals surface area contributed by atoms with E-state index in [1.165, 1.54) is 5.56 Å². The van der Waals surface area contributed by atoms with E-state index in [1.54, 1.807) is 0 Å². The third-order valence-corrected chi connectivity index (χ3v) is 6.66. The number of likely N-dealkylation sites (N-methyl/N-ethyl adjacent to an activating group) is 1. The number of rotatable bonds is 5. The quantitative estimate of drug-likeness (QED) is 0.851. The minimum Gasteiger partial charge on any atom is -0.338 e. The Morgan fingerprint density at radius 3 is 2.71 bits per heavy atom. The number of hydrogen-bond donors (Lipinski definition) is 1. The van der Waals surface area contributed by atoms with E-state index in [0.717, 1.165) is 38.1 Å². The molecule has 3 amide bonds. The van der Waals surface area contributed by atoms with Gasteiger partial charge in [0.15, 0.2) is 0 Å². The average molecular weight is 383 g/mol. The fourth-order valence-corrected chi connectivity index (χ4v) is 5.22. The van der Waals surface area contributed by atoms with Crippen molar-refractivity contribution in [1.29, 1.82) is 0 Å². The van der Waals surface area contributed by atoms with Gasteiger partial charge in [-0.1, -0.05) is 37.3 Å². The lowest BCUT2D eigenvalue weighted by Crippen LogP contribution is -2.47. The Hall–Kier alpha value is -2.37. The summed E-state index contributed by atoms with van der Waals surface area (Å²) in [5.74, 6) is 1.60. The van der Waals surface area contributed by atoms with Gasteiger partial charge in [-0.05, 0) is 37.7 Å². The molecule has 2 aliphatic heterocycles. The van der Waals surface area contributed by atoms with Crippen molar-refractivity contribution in [1.82, 2.24) is 15.1 Å². The highest BCUT2D eigenvalue weighted by molar-refractivity contribution is 6.08. The number of fused-ring (bicyclic) bond motifs is 2. The van der Waals surface area contributed by atoms with Crippen molar-refractivity contribution < 1.29 is 9.59 Å². The number of amides is 3. The van der Waals surface area contributed by atoms with Crippen molar-refractivity contribution in [3.63, 3.8) is 0 Å². The van der Waals surface area contributed by atoms with Gasteiger partial charge in [0.1, 0.15) is 11.4 Å². The second-order valence-corrected chi connectivity index (χ2v) is 8.13. The standard InChI is InChI=1S/C22H30N4O2/c1-3-19-24-22(20(27)26(19)4-2)12-10-17-14-25(15-18(17)22)21(28)23-13-11-16-8-6-5-7-9-16/h5-9,17-18H,3-4,10-15H2,1-2H3,(H,23,28)/t17-,18+,22-/m1/s1. The summed E-state index contributed by atoms with van der Waals surface area (Å²) < 4.78 is 0. The summed E-state index contributed by atoms with van der Waals surface area (Å²) in [7, 11) is 0. The lowest BCUT2D eigenvalue weighted by atomic mass is 9.85. The maximum absolute atomic E-state index is 13.2. The normalized spacial score (nSPS) is 28.8. The number of aliphatic imine (C=N–C) groups is 1. The van der Waals surface area contributed by atoms with E-state index in [1.807, 2.05) is 34.9 Å². The smallest absolute Gasteiger partial charge is 0.317 e. The van der Waals surface area contributed by atoms with Crippen LogP contribution in [0.5, 0.6) is 0 Å². The molecule has 1 N–H and O–H groups in total. The third kappa shape index (κ3) is 3.09. The monoisotopic (exact) mass is 382 g/mol. The van der Waals surface area contributed by atoms with Crippen LogP contribution in [-0.4, -0.2) is 59.3 Å². The van der Waals surface area contributed by atoms with Crippen LogP contribution in [0.15, 0.2) is 35.3 Å². The van der Waals surface area contributed by atoms with Gasteiger partial charge in [0.05, 0.1) is 0 Å². The summed E-state index contributed by atoms with van der Waals surface area (Å²) >= 11 is 0. The molecule has 1 saturated carbocycles. The SMILES string of the molecule is CCC1=N[C@@]2(CC[C@@H]3CN(C(=O)NCCc4ccccc4)C[C@@H]32)C(=O)N1CC. The summed E-state index contributed by atoms with van der Waals surface area (Å²) in [5, 5.41) is 3.05. The van der Waals surface area contributed by atoms with Crippen LogP contribution >= 0.6 is 0 Å². The molecule has 3 atom stereocenters. The number of nitrogens with one attached hydrogen (secondary N) is 1. The number of carbonyl (C=O) groups is 2. The number of benzene rings is 1. The molecule has 0 radical (unpaired) electrons. The lowest BCUT2D eigenvalue weighted by Gasteiger charge is -2.28. The zero-order chi connectivity index (χ0) is 19.7. The number of nitrogens with zero attached hydrogens (tertiary/aromatic N) is 3. The fourth-order valence-electron chi connectivity index (χ4n) is 5.22. The molecule has 28 heavy (non-hydrogen) atoms. The first-order chi connectivity index (χ1) is 13.6. The van der Waals surface area contributed by atoms with E-state index >= 15 is 0 Å². The summed E-state index contributed by atoms with van der Waals surface area (Å²) in [6.45, 7) is 6.73. The average Bonchev–Trinajstić information content (AvgIpc) is 3.36. The van der Waals surface area contributed by atoms with Gasteiger partial charge in [-0.3, -0.25) is 14.7 Å². The molecule has 3 aliphatic rings. The minimum atomic E-state index is -0.620. The summed E-state index contributed by atoms with van der Waals surface area (Å²) in [4.78, 5) is 34.5. The second kappa shape index (κ2) is 7.57. The topological polar surface area (TPSA) is 65.0 Å². The minimum absolute atomic E-state index is 0.0158. The molecule has 1 spiro atoms. The molecule has 0 unspecified atom stereocenters. The molecular weight excluding hydrogens is 352 g/mol. The molecule has 1 saturated heterocycles. The molecule has 0 bridgehead atoms. The van der Waals surface area contributed by atoms with Crippen molar-refractivity contribution in [2.75, 3.05) is 26.2 Å². The highest BCUT2D eigenvalue weighted by Crippen LogP contribution is 2.50. The van der Waals surface area contributed by atoms with Crippen LogP contribution < -0.4 is 5.32 Å². The van der Waals surface area contributed by atoms with Crippen molar-refractivity contribution in [2.24, 2.45) is 16.8 Å². The second-order valence-electron chi connectivity index (χ2n) is 8.13. The van der Waals surface area contributed by atoms with Gasteiger partial charge in [0, 0.05) is 38.5 Å². The van der Waals surface area contributed by atoms with Crippen molar-refractivity contribution in [2.45, 2.75) is 45.1 Å². The highest BCUT2D eigenvalue weighted by atomic mass is 16.2. The van der Waals surface area contributed by atoms with Crippen molar-refractivity contribution in [3.05, 3.63) is 35.9 Å². The van der Waals surface area contributed by atoms with E-state index in [2.05, 4.69) is 24.4 Å². The number of hydrogen-bond acceptors (Lipinski definition) is 3. The first-order valence-electron chi connectivity index (χ1n) is 10.6. The van der Waals surface area contributed by atoms with E-state index in [4.69, 9.17) is 4.99 Å². The van der Waals surface area contributed by atoms with Gasteiger partial charge in [0.2, 0.25) is 0 Å². The van der Waals surface area contributed by atoms with Crippen LogP contribution in [0.4, 0.5) is 4.79 Å². The van der Waals surface area contributed by atoms with Crippen LogP contribution in [0, 0.1) is 11.8 Å². The Morgan fingerprint density at radius 2 is 2.04 bits per heavy atom. The number of amidine groups is 1. The molecular formula is C22H30N4O2. The van der Waals surface area contributed by atoms with Crippen LogP contribution in [0.25, 0.3) is 0 Å². The van der Waals surface area contributed by atoms with Gasteiger partial charge in [-0.2, -0.15) is 0 Å². The first-order valence-corrected chi connectivity index (χ1v) is 10.6. The predicted octanol–water partition coefficient (Wildman–Crippen LogP) is 2.69. The molecule has 2 fully saturated rings. The van der Waals surface area contributed by atoms with Crippen molar-refractivity contribution >= 4 is 17.8 Å². The van der Waals surface area contributed by atoms with Gasteiger partial charge in [-0.25, -0.2) is 4.79 Å². The van der Waals surface area contributed by atoms with E-state index < -0.39 is 5.54 Å². The van der Waals surface area contributed by atoms with E-state index in [-0.39, 0.29) is 17.9 Å². The molecule has 2 heterocycles.